The zero-order valence-corrected chi connectivity index (χ0v) is 14.4. The predicted molar refractivity (Wildman–Crippen MR) is 89.4 cm³/mol. The largest absolute Gasteiger partial charge is 0.363 e. The highest BCUT2D eigenvalue weighted by atomic mass is 32.2. The second-order valence-electron chi connectivity index (χ2n) is 4.24. The van der Waals surface area contributed by atoms with Crippen LogP contribution in [0.25, 0.3) is 0 Å². The number of thioether (sulfide) groups is 1. The van der Waals surface area contributed by atoms with Gasteiger partial charge in [0.05, 0.1) is 11.2 Å². The lowest BCUT2D eigenvalue weighted by Gasteiger charge is -2.13. The lowest BCUT2D eigenvalue weighted by Crippen LogP contribution is -2.18. The molecule has 0 atom stereocenters. The molecule has 1 aromatic carbocycles. The third-order valence-electron chi connectivity index (χ3n) is 2.13. The molecule has 0 N–H and O–H groups in total. The van der Waals surface area contributed by atoms with Gasteiger partial charge in [-0.05, 0) is 23.9 Å². The Morgan fingerprint density at radius 1 is 1.36 bits per heavy atom. The van der Waals surface area contributed by atoms with Crippen LogP contribution < -0.4 is 0 Å². The summed E-state index contributed by atoms with van der Waals surface area (Å²) in [7, 11) is -0.326. The van der Waals surface area contributed by atoms with Crippen molar-refractivity contribution in [1.82, 2.24) is 4.90 Å². The van der Waals surface area contributed by atoms with Gasteiger partial charge in [-0.3, -0.25) is 14.4 Å². The van der Waals surface area contributed by atoms with Crippen LogP contribution >= 0.6 is 24.0 Å². The fourth-order valence-corrected chi connectivity index (χ4v) is 2.30. The maximum absolute atomic E-state index is 11.1. The van der Waals surface area contributed by atoms with Gasteiger partial charge >= 0.3 is 10.1 Å². The first-order valence-electron chi connectivity index (χ1n) is 5.70. The Hall–Kier alpha value is -1.72. The minimum Gasteiger partial charge on any atom is -0.363 e. The molecule has 0 amide bonds. The van der Waals surface area contributed by atoms with Gasteiger partial charge in [-0.15, -0.1) is 0 Å². The van der Waals surface area contributed by atoms with Crippen molar-refractivity contribution in [3.63, 3.8) is 0 Å². The van der Waals surface area contributed by atoms with Gasteiger partial charge in [0.1, 0.15) is 4.32 Å². The summed E-state index contributed by atoms with van der Waals surface area (Å²) in [5.74, 6) is 0. The summed E-state index contributed by atoms with van der Waals surface area (Å²) in [5, 5.41) is 14.4. The van der Waals surface area contributed by atoms with E-state index in [4.69, 9.17) is 12.2 Å². The van der Waals surface area contributed by atoms with Crippen LogP contribution in [0.5, 0.6) is 0 Å². The van der Waals surface area contributed by atoms with Crippen molar-refractivity contribution in [3.8, 4) is 0 Å². The Bertz CT molecular complexity index is 698. The number of benzene rings is 1. The maximum atomic E-state index is 11.1. The third-order valence-corrected chi connectivity index (χ3v) is 4.13. The van der Waals surface area contributed by atoms with E-state index in [1.165, 1.54) is 24.3 Å². The molecule has 0 aliphatic heterocycles. The van der Waals surface area contributed by atoms with E-state index in [2.05, 4.69) is 9.44 Å². The Kier molecular flexibility index (Phi) is 6.26. The summed E-state index contributed by atoms with van der Waals surface area (Å²) in [6.07, 6.45) is 0.860. The summed E-state index contributed by atoms with van der Waals surface area (Å²) in [5.41, 5.74) is 0.357. The standard InChI is InChI=1S/C11H13N3O5S3/c1-13(2)11(20)21-10(12-19-22(3,17)18)8-4-6-9(7-5-8)14(15)16/h4-7H,1-3H3/b12-10-. The Labute approximate surface area is 137 Å². The number of thiocarbonyl (C=S) groups is 1. The van der Waals surface area contributed by atoms with Crippen LogP contribution in [0.2, 0.25) is 0 Å². The molecule has 0 aliphatic rings. The van der Waals surface area contributed by atoms with Crippen LogP contribution in [0.3, 0.4) is 0 Å². The molecule has 0 unspecified atom stereocenters. The number of hydrogen-bond donors (Lipinski definition) is 0. The summed E-state index contributed by atoms with van der Waals surface area (Å²) in [6, 6.07) is 5.44. The van der Waals surface area contributed by atoms with Gasteiger partial charge in [-0.25, -0.2) is 0 Å². The second kappa shape index (κ2) is 7.51. The quantitative estimate of drug-likeness (QED) is 0.262. The highest BCUT2D eigenvalue weighted by Gasteiger charge is 2.14. The fourth-order valence-electron chi connectivity index (χ4n) is 1.13. The minimum atomic E-state index is -3.77. The summed E-state index contributed by atoms with van der Waals surface area (Å²) in [4.78, 5) is 11.7. The Balaban J connectivity index is 3.13. The lowest BCUT2D eigenvalue weighted by molar-refractivity contribution is -0.384. The molecule has 8 nitrogen and oxygen atoms in total. The van der Waals surface area contributed by atoms with Crippen LogP contribution in [0.4, 0.5) is 5.69 Å². The molecule has 0 aromatic heterocycles. The highest BCUT2D eigenvalue weighted by molar-refractivity contribution is 8.33. The van der Waals surface area contributed by atoms with Gasteiger partial charge in [-0.1, -0.05) is 17.4 Å². The molecule has 1 aromatic rings. The molecule has 0 spiro atoms. The molecule has 0 aliphatic carbocycles. The zero-order chi connectivity index (χ0) is 16.9. The Morgan fingerprint density at radius 2 is 1.91 bits per heavy atom. The molecule has 11 heteroatoms. The summed E-state index contributed by atoms with van der Waals surface area (Å²) in [6.45, 7) is 0. The van der Waals surface area contributed by atoms with Crippen molar-refractivity contribution in [3.05, 3.63) is 39.9 Å². The first-order chi connectivity index (χ1) is 10.1. The Morgan fingerprint density at radius 3 is 2.32 bits per heavy atom. The van der Waals surface area contributed by atoms with Crippen LogP contribution in [-0.4, -0.2) is 48.0 Å². The number of nitro benzene ring substituents is 1. The van der Waals surface area contributed by atoms with Gasteiger partial charge < -0.3 is 4.90 Å². The van der Waals surface area contributed by atoms with E-state index in [0.29, 0.717) is 9.88 Å². The van der Waals surface area contributed by atoms with E-state index in [0.717, 1.165) is 18.0 Å². The first kappa shape index (κ1) is 18.3. The van der Waals surface area contributed by atoms with Crippen molar-refractivity contribution in [2.45, 2.75) is 0 Å². The molecule has 22 heavy (non-hydrogen) atoms. The SMILES string of the molecule is CN(C)C(=S)S/C(=N\OS(C)(=O)=O)c1ccc([N+](=O)[O-])cc1. The van der Waals surface area contributed by atoms with Gasteiger partial charge in [-0.2, -0.15) is 8.42 Å². The number of nitrogens with zero attached hydrogens (tertiary/aromatic N) is 3. The normalized spacial score (nSPS) is 11.9. The highest BCUT2D eigenvalue weighted by Crippen LogP contribution is 2.20. The molecule has 0 radical (unpaired) electrons. The smallest absolute Gasteiger partial charge is 0.325 e. The van der Waals surface area contributed by atoms with Gasteiger partial charge in [0, 0.05) is 31.8 Å². The number of oxime groups is 1. The van der Waals surface area contributed by atoms with E-state index in [1.54, 1.807) is 19.0 Å². The molecular weight excluding hydrogens is 350 g/mol. The van der Waals surface area contributed by atoms with Crippen molar-refractivity contribution in [2.75, 3.05) is 20.4 Å². The van der Waals surface area contributed by atoms with Crippen molar-refractivity contribution in [2.24, 2.45) is 5.16 Å². The monoisotopic (exact) mass is 363 g/mol. The number of hydrogen-bond acceptors (Lipinski definition) is 8. The molecule has 0 bridgehead atoms. The van der Waals surface area contributed by atoms with E-state index in [1.807, 2.05) is 0 Å². The molecular formula is C11H13N3O5S3. The van der Waals surface area contributed by atoms with E-state index >= 15 is 0 Å². The topological polar surface area (TPSA) is 102 Å². The van der Waals surface area contributed by atoms with Crippen LogP contribution in [0.1, 0.15) is 5.56 Å². The van der Waals surface area contributed by atoms with E-state index in [9.17, 15) is 18.5 Å². The maximum Gasteiger partial charge on any atom is 0.325 e. The number of non-ortho nitro benzene ring substituents is 1. The molecule has 1 rings (SSSR count). The average Bonchev–Trinajstić information content (AvgIpc) is 2.42. The summed E-state index contributed by atoms with van der Waals surface area (Å²) < 4.78 is 27.0. The minimum absolute atomic E-state index is 0.0904. The molecule has 0 saturated carbocycles. The third kappa shape index (κ3) is 5.95. The molecule has 0 fully saturated rings. The van der Waals surface area contributed by atoms with E-state index in [-0.39, 0.29) is 10.7 Å². The van der Waals surface area contributed by atoms with Crippen molar-refractivity contribution in [1.29, 1.82) is 0 Å². The van der Waals surface area contributed by atoms with Crippen LogP contribution in [0, 0.1) is 10.1 Å². The first-order valence-corrected chi connectivity index (χ1v) is 8.75. The predicted octanol–water partition coefficient (Wildman–Crippen LogP) is 1.81. The second-order valence-corrected chi connectivity index (χ2v) is 7.42. The van der Waals surface area contributed by atoms with Gasteiger partial charge in [0.25, 0.3) is 5.69 Å². The molecule has 120 valence electrons. The van der Waals surface area contributed by atoms with Crippen LogP contribution in [0.15, 0.2) is 29.4 Å². The fraction of sp³-hybridized carbons (Fsp3) is 0.273. The van der Waals surface area contributed by atoms with Gasteiger partial charge in [0.15, 0.2) is 5.04 Å². The average molecular weight is 363 g/mol. The summed E-state index contributed by atoms with van der Waals surface area (Å²) >= 11 is 6.13. The van der Waals surface area contributed by atoms with Crippen molar-refractivity contribution < 1.29 is 17.6 Å². The van der Waals surface area contributed by atoms with Crippen molar-refractivity contribution >= 4 is 49.1 Å². The number of nitro groups is 1. The zero-order valence-electron chi connectivity index (χ0n) is 11.9. The molecule has 0 heterocycles. The van der Waals surface area contributed by atoms with Gasteiger partial charge in [0.2, 0.25) is 0 Å². The molecule has 0 saturated heterocycles. The lowest BCUT2D eigenvalue weighted by atomic mass is 10.2. The number of rotatable bonds is 4. The van der Waals surface area contributed by atoms with E-state index < -0.39 is 15.0 Å². The van der Waals surface area contributed by atoms with Crippen LogP contribution in [-0.2, 0) is 14.4 Å².